The molecule has 0 amide bonds. The van der Waals surface area contributed by atoms with Gasteiger partial charge in [-0.15, -0.1) is 11.3 Å². The van der Waals surface area contributed by atoms with E-state index in [1.165, 1.54) is 0 Å². The van der Waals surface area contributed by atoms with Crippen LogP contribution in [0.5, 0.6) is 0 Å². The topological polar surface area (TPSA) is 39.9 Å². The van der Waals surface area contributed by atoms with Crippen LogP contribution in [0.15, 0.2) is 35.7 Å². The van der Waals surface area contributed by atoms with Crippen molar-refractivity contribution >= 4 is 11.3 Å². The zero-order valence-corrected chi connectivity index (χ0v) is 12.4. The highest BCUT2D eigenvalue weighted by atomic mass is 32.1. The van der Waals surface area contributed by atoms with Crippen molar-refractivity contribution in [2.75, 3.05) is 20.1 Å². The second-order valence-corrected chi connectivity index (χ2v) is 6.26. The molecule has 0 aliphatic carbocycles. The highest BCUT2D eigenvalue weighted by molar-refractivity contribution is 7.13. The highest BCUT2D eigenvalue weighted by Gasteiger charge is 2.37. The molecule has 1 aromatic heterocycles. The molecular weight excluding hydrogens is 266 g/mol. The fourth-order valence-corrected chi connectivity index (χ4v) is 3.56. The minimum Gasteiger partial charge on any atom is -0.306 e. The van der Waals surface area contributed by atoms with Crippen LogP contribution in [-0.2, 0) is 5.41 Å². The number of nitrogens with zero attached hydrogens (tertiary/aromatic N) is 3. The van der Waals surface area contributed by atoms with Crippen molar-refractivity contribution in [1.29, 1.82) is 5.26 Å². The summed E-state index contributed by atoms with van der Waals surface area (Å²) in [7, 11) is 2.11. The summed E-state index contributed by atoms with van der Waals surface area (Å²) in [5, 5.41) is 12.7. The van der Waals surface area contributed by atoms with Crippen molar-refractivity contribution in [3.8, 4) is 16.6 Å². The van der Waals surface area contributed by atoms with Crippen LogP contribution < -0.4 is 0 Å². The molecule has 1 fully saturated rings. The fourth-order valence-electron chi connectivity index (χ4n) is 2.63. The summed E-state index contributed by atoms with van der Waals surface area (Å²) in [6, 6.07) is 12.7. The maximum absolute atomic E-state index is 9.66. The van der Waals surface area contributed by atoms with Gasteiger partial charge < -0.3 is 4.90 Å². The van der Waals surface area contributed by atoms with E-state index in [9.17, 15) is 5.26 Å². The first kappa shape index (κ1) is 13.3. The standard InChI is InChI=1S/C16H17N3S/c1-19-9-7-16(12-17,8-10-19)14-11-20-15(18-14)13-5-3-2-4-6-13/h2-6,11H,7-10H2,1H3. The molecule has 0 atom stereocenters. The monoisotopic (exact) mass is 283 g/mol. The molecule has 1 aliphatic rings. The van der Waals surface area contributed by atoms with Gasteiger partial charge in [-0.2, -0.15) is 5.26 Å². The van der Waals surface area contributed by atoms with Crippen molar-refractivity contribution in [3.63, 3.8) is 0 Å². The van der Waals surface area contributed by atoms with E-state index in [1.807, 2.05) is 18.2 Å². The number of likely N-dealkylation sites (tertiary alicyclic amines) is 1. The van der Waals surface area contributed by atoms with Gasteiger partial charge in [-0.1, -0.05) is 30.3 Å². The first-order chi connectivity index (χ1) is 9.73. The lowest BCUT2D eigenvalue weighted by Crippen LogP contribution is -2.40. The summed E-state index contributed by atoms with van der Waals surface area (Å²) in [4.78, 5) is 7.03. The molecule has 3 nitrogen and oxygen atoms in total. The van der Waals surface area contributed by atoms with Gasteiger partial charge in [-0.3, -0.25) is 0 Å². The molecule has 0 unspecified atom stereocenters. The van der Waals surface area contributed by atoms with Crippen molar-refractivity contribution in [2.45, 2.75) is 18.3 Å². The molecule has 3 rings (SSSR count). The Bertz CT molecular complexity index is 619. The van der Waals surface area contributed by atoms with Crippen molar-refractivity contribution < 1.29 is 0 Å². The molecule has 0 radical (unpaired) electrons. The number of rotatable bonds is 2. The molecule has 1 aromatic carbocycles. The molecule has 0 bridgehead atoms. The minimum atomic E-state index is -0.393. The Morgan fingerprint density at radius 1 is 1.25 bits per heavy atom. The van der Waals surface area contributed by atoms with Crippen LogP contribution in [0.2, 0.25) is 0 Å². The Balaban J connectivity index is 1.91. The van der Waals surface area contributed by atoms with E-state index >= 15 is 0 Å². The molecule has 0 spiro atoms. The lowest BCUT2D eigenvalue weighted by Gasteiger charge is -2.34. The molecule has 0 N–H and O–H groups in total. The van der Waals surface area contributed by atoms with E-state index in [0.717, 1.165) is 42.2 Å². The van der Waals surface area contributed by atoms with Crippen molar-refractivity contribution in [2.24, 2.45) is 0 Å². The summed E-state index contributed by atoms with van der Waals surface area (Å²) in [5.74, 6) is 0. The summed E-state index contributed by atoms with van der Waals surface area (Å²) in [6.07, 6.45) is 1.75. The third-order valence-electron chi connectivity index (χ3n) is 4.07. The maximum atomic E-state index is 9.66. The lowest BCUT2D eigenvalue weighted by molar-refractivity contribution is 0.219. The molecule has 4 heteroatoms. The predicted molar refractivity (Wildman–Crippen MR) is 81.6 cm³/mol. The van der Waals surface area contributed by atoms with E-state index in [1.54, 1.807) is 11.3 Å². The normalized spacial score (nSPS) is 18.6. The van der Waals surface area contributed by atoms with Crippen LogP contribution in [0, 0.1) is 11.3 Å². The van der Waals surface area contributed by atoms with Gasteiger partial charge in [0.25, 0.3) is 0 Å². The van der Waals surface area contributed by atoms with Crippen LogP contribution in [0.3, 0.4) is 0 Å². The van der Waals surface area contributed by atoms with Crippen LogP contribution >= 0.6 is 11.3 Å². The number of hydrogen-bond donors (Lipinski definition) is 0. The third kappa shape index (κ3) is 2.35. The van der Waals surface area contributed by atoms with Gasteiger partial charge in [0.1, 0.15) is 10.4 Å². The third-order valence-corrected chi connectivity index (χ3v) is 4.96. The van der Waals surface area contributed by atoms with Crippen LogP contribution in [0.25, 0.3) is 10.6 Å². The van der Waals surface area contributed by atoms with E-state index in [4.69, 9.17) is 4.98 Å². The van der Waals surface area contributed by atoms with E-state index < -0.39 is 5.41 Å². The molecule has 2 aromatic rings. The second kappa shape index (κ2) is 5.35. The van der Waals surface area contributed by atoms with Crippen LogP contribution in [0.1, 0.15) is 18.5 Å². The highest BCUT2D eigenvalue weighted by Crippen LogP contribution is 2.37. The fraction of sp³-hybridized carbons (Fsp3) is 0.375. The van der Waals surface area contributed by atoms with E-state index in [2.05, 4.69) is 35.5 Å². The number of aromatic nitrogens is 1. The Morgan fingerprint density at radius 3 is 2.60 bits per heavy atom. The molecule has 1 saturated heterocycles. The van der Waals surface area contributed by atoms with Gasteiger partial charge in [-0.05, 0) is 33.0 Å². The van der Waals surface area contributed by atoms with Gasteiger partial charge in [0.2, 0.25) is 0 Å². The van der Waals surface area contributed by atoms with Gasteiger partial charge in [0.05, 0.1) is 11.8 Å². The summed E-state index contributed by atoms with van der Waals surface area (Å²) >= 11 is 1.64. The largest absolute Gasteiger partial charge is 0.306 e. The quantitative estimate of drug-likeness (QED) is 0.849. The molecule has 2 heterocycles. The second-order valence-electron chi connectivity index (χ2n) is 5.40. The van der Waals surface area contributed by atoms with Crippen LogP contribution in [0.4, 0.5) is 0 Å². The molecular formula is C16H17N3S. The molecule has 1 aliphatic heterocycles. The molecule has 102 valence electrons. The Hall–Kier alpha value is -1.70. The number of nitriles is 1. The first-order valence-electron chi connectivity index (χ1n) is 6.85. The van der Waals surface area contributed by atoms with Gasteiger partial charge in [0, 0.05) is 10.9 Å². The number of benzene rings is 1. The van der Waals surface area contributed by atoms with Crippen molar-refractivity contribution in [1.82, 2.24) is 9.88 Å². The SMILES string of the molecule is CN1CCC(C#N)(c2csc(-c3ccccc3)n2)CC1. The smallest absolute Gasteiger partial charge is 0.123 e. The van der Waals surface area contributed by atoms with Gasteiger partial charge in [-0.25, -0.2) is 4.98 Å². The summed E-state index contributed by atoms with van der Waals surface area (Å²) < 4.78 is 0. The zero-order valence-electron chi connectivity index (χ0n) is 11.5. The van der Waals surface area contributed by atoms with Gasteiger partial charge in [0.15, 0.2) is 0 Å². The lowest BCUT2D eigenvalue weighted by atomic mass is 9.77. The Kier molecular flexibility index (Phi) is 3.56. The first-order valence-corrected chi connectivity index (χ1v) is 7.73. The minimum absolute atomic E-state index is 0.393. The van der Waals surface area contributed by atoms with E-state index in [0.29, 0.717) is 0 Å². The maximum Gasteiger partial charge on any atom is 0.123 e. The molecule has 20 heavy (non-hydrogen) atoms. The number of hydrogen-bond acceptors (Lipinski definition) is 4. The Morgan fingerprint density at radius 2 is 1.95 bits per heavy atom. The average molecular weight is 283 g/mol. The molecule has 0 saturated carbocycles. The number of piperidine rings is 1. The average Bonchev–Trinajstić information content (AvgIpc) is 3.00. The Labute approximate surface area is 123 Å². The van der Waals surface area contributed by atoms with Crippen LogP contribution in [-0.4, -0.2) is 30.0 Å². The van der Waals surface area contributed by atoms with E-state index in [-0.39, 0.29) is 0 Å². The zero-order chi connectivity index (χ0) is 14.0. The predicted octanol–water partition coefficient (Wildman–Crippen LogP) is 3.30. The van der Waals surface area contributed by atoms with Crippen molar-refractivity contribution in [3.05, 3.63) is 41.4 Å². The van der Waals surface area contributed by atoms with Gasteiger partial charge >= 0.3 is 0 Å². The summed E-state index contributed by atoms with van der Waals surface area (Å²) in [5.41, 5.74) is 1.69. The summed E-state index contributed by atoms with van der Waals surface area (Å²) in [6.45, 7) is 1.93. The number of thiazole rings is 1.